The molecule has 1 saturated heterocycles. The van der Waals surface area contributed by atoms with E-state index in [4.69, 9.17) is 9.72 Å². The Morgan fingerprint density at radius 3 is 3.05 bits per heavy atom. The number of aromatic nitrogens is 3. The van der Waals surface area contributed by atoms with Crippen molar-refractivity contribution in [2.24, 2.45) is 7.05 Å². The molecule has 0 saturated carbocycles. The van der Waals surface area contributed by atoms with Crippen molar-refractivity contribution in [3.8, 4) is 0 Å². The minimum atomic E-state index is 0.356. The van der Waals surface area contributed by atoms with Crippen LogP contribution in [0.1, 0.15) is 31.9 Å². The molecule has 2 aromatic heterocycles. The molecule has 0 N–H and O–H groups in total. The fourth-order valence-electron chi connectivity index (χ4n) is 2.74. The molecule has 3 rings (SSSR count). The fraction of sp³-hybridized carbons (Fsp3) is 0.714. The van der Waals surface area contributed by atoms with E-state index in [0.29, 0.717) is 6.10 Å². The van der Waals surface area contributed by atoms with Gasteiger partial charge >= 0.3 is 0 Å². The standard InChI is InChI=1S/C14H22N4OS/c1-4-8-19-11-6-5-7-18(9-11)14-15-13-12(20-14)10(2)16-17(13)3/h11H,4-9H2,1-3H3/t11-/m1/s1. The van der Waals surface area contributed by atoms with Gasteiger partial charge in [-0.15, -0.1) is 0 Å². The van der Waals surface area contributed by atoms with Crippen LogP contribution in [0.2, 0.25) is 0 Å². The van der Waals surface area contributed by atoms with Crippen LogP contribution in [0.5, 0.6) is 0 Å². The van der Waals surface area contributed by atoms with Crippen LogP contribution < -0.4 is 4.90 Å². The van der Waals surface area contributed by atoms with E-state index in [-0.39, 0.29) is 0 Å². The first kappa shape index (κ1) is 13.8. The van der Waals surface area contributed by atoms with Gasteiger partial charge in [0.05, 0.1) is 16.5 Å². The topological polar surface area (TPSA) is 43.2 Å². The zero-order valence-corrected chi connectivity index (χ0v) is 13.2. The van der Waals surface area contributed by atoms with Gasteiger partial charge in [0.15, 0.2) is 10.8 Å². The summed E-state index contributed by atoms with van der Waals surface area (Å²) in [6.45, 7) is 7.11. The summed E-state index contributed by atoms with van der Waals surface area (Å²) in [4.78, 5) is 7.13. The van der Waals surface area contributed by atoms with E-state index in [9.17, 15) is 0 Å². The maximum atomic E-state index is 5.90. The molecule has 0 aromatic carbocycles. The first-order valence-corrected chi connectivity index (χ1v) is 8.17. The SMILES string of the molecule is CCCO[C@@H]1CCCN(c2nc3c(s2)c(C)nn3C)C1. The third kappa shape index (κ3) is 2.54. The second-order valence-electron chi connectivity index (χ2n) is 5.44. The largest absolute Gasteiger partial charge is 0.376 e. The van der Waals surface area contributed by atoms with Crippen molar-refractivity contribution < 1.29 is 4.74 Å². The third-order valence-electron chi connectivity index (χ3n) is 3.74. The average molecular weight is 294 g/mol. The van der Waals surface area contributed by atoms with Crippen molar-refractivity contribution in [3.63, 3.8) is 0 Å². The maximum absolute atomic E-state index is 5.90. The lowest BCUT2D eigenvalue weighted by Gasteiger charge is -2.32. The number of anilines is 1. The van der Waals surface area contributed by atoms with E-state index >= 15 is 0 Å². The predicted molar refractivity (Wildman–Crippen MR) is 82.6 cm³/mol. The van der Waals surface area contributed by atoms with Gasteiger partial charge in [0.2, 0.25) is 0 Å². The molecule has 110 valence electrons. The molecule has 1 aliphatic heterocycles. The smallest absolute Gasteiger partial charge is 0.188 e. The summed E-state index contributed by atoms with van der Waals surface area (Å²) in [5, 5.41) is 5.53. The van der Waals surface area contributed by atoms with Crippen molar-refractivity contribution in [1.29, 1.82) is 0 Å². The molecule has 0 radical (unpaired) electrons. The molecule has 0 unspecified atom stereocenters. The van der Waals surface area contributed by atoms with Crippen molar-refractivity contribution in [2.75, 3.05) is 24.6 Å². The van der Waals surface area contributed by atoms with Gasteiger partial charge in [-0.2, -0.15) is 5.10 Å². The molecule has 5 nitrogen and oxygen atoms in total. The number of piperidine rings is 1. The molecule has 2 aromatic rings. The molecule has 3 heterocycles. The molecule has 1 fully saturated rings. The molecule has 1 aliphatic rings. The van der Waals surface area contributed by atoms with E-state index < -0.39 is 0 Å². The van der Waals surface area contributed by atoms with E-state index in [1.807, 2.05) is 18.7 Å². The zero-order valence-electron chi connectivity index (χ0n) is 12.4. The Bertz CT molecular complexity index is 557. The summed E-state index contributed by atoms with van der Waals surface area (Å²) < 4.78 is 8.99. The van der Waals surface area contributed by atoms with Gasteiger partial charge in [-0.25, -0.2) is 9.67 Å². The second-order valence-corrected chi connectivity index (χ2v) is 6.42. The Labute approximate surface area is 123 Å². The monoisotopic (exact) mass is 294 g/mol. The Kier molecular flexibility index (Phi) is 3.94. The Morgan fingerprint density at radius 2 is 2.30 bits per heavy atom. The number of nitrogens with zero attached hydrogens (tertiary/aromatic N) is 4. The molecule has 1 atom stereocenters. The Morgan fingerprint density at radius 1 is 1.45 bits per heavy atom. The van der Waals surface area contributed by atoms with Crippen LogP contribution in [-0.2, 0) is 11.8 Å². The first-order valence-electron chi connectivity index (χ1n) is 7.35. The van der Waals surface area contributed by atoms with Crippen molar-refractivity contribution >= 4 is 26.8 Å². The molecule has 6 heteroatoms. The van der Waals surface area contributed by atoms with Gasteiger partial charge < -0.3 is 9.64 Å². The maximum Gasteiger partial charge on any atom is 0.188 e. The molecule has 0 bridgehead atoms. The van der Waals surface area contributed by atoms with Gasteiger partial charge in [0, 0.05) is 26.7 Å². The van der Waals surface area contributed by atoms with Crippen LogP contribution in [0, 0.1) is 6.92 Å². The molecular weight excluding hydrogens is 272 g/mol. The number of ether oxygens (including phenoxy) is 1. The second kappa shape index (κ2) is 5.69. The molecule has 20 heavy (non-hydrogen) atoms. The van der Waals surface area contributed by atoms with Crippen LogP contribution in [0.25, 0.3) is 10.3 Å². The summed E-state index contributed by atoms with van der Waals surface area (Å²) in [7, 11) is 1.96. The first-order chi connectivity index (χ1) is 9.69. The lowest BCUT2D eigenvalue weighted by Crippen LogP contribution is -2.39. The third-order valence-corrected chi connectivity index (χ3v) is 4.95. The molecule has 0 amide bonds. The number of fused-ring (bicyclic) bond motifs is 1. The Hall–Kier alpha value is -1.14. The molecular formula is C14H22N4OS. The van der Waals surface area contributed by atoms with Gasteiger partial charge in [-0.05, 0) is 26.2 Å². The van der Waals surface area contributed by atoms with Gasteiger partial charge in [0.25, 0.3) is 0 Å². The molecule has 0 spiro atoms. The minimum Gasteiger partial charge on any atom is -0.376 e. The summed E-state index contributed by atoms with van der Waals surface area (Å²) in [6.07, 6.45) is 3.79. The summed E-state index contributed by atoms with van der Waals surface area (Å²) >= 11 is 1.75. The average Bonchev–Trinajstić information content (AvgIpc) is 3.00. The highest BCUT2D eigenvalue weighted by Crippen LogP contribution is 2.32. The Balaban J connectivity index is 1.78. The summed E-state index contributed by atoms with van der Waals surface area (Å²) in [5.41, 5.74) is 2.07. The van der Waals surface area contributed by atoms with Crippen molar-refractivity contribution in [1.82, 2.24) is 14.8 Å². The number of rotatable bonds is 4. The van der Waals surface area contributed by atoms with Crippen LogP contribution >= 0.6 is 11.3 Å². The van der Waals surface area contributed by atoms with Crippen LogP contribution in [-0.4, -0.2) is 40.6 Å². The zero-order chi connectivity index (χ0) is 14.1. The fourth-order valence-corrected chi connectivity index (χ4v) is 3.81. The highest BCUT2D eigenvalue weighted by Gasteiger charge is 2.23. The highest BCUT2D eigenvalue weighted by atomic mass is 32.1. The quantitative estimate of drug-likeness (QED) is 0.869. The number of aryl methyl sites for hydroxylation is 2. The van der Waals surface area contributed by atoms with E-state index in [2.05, 4.69) is 16.9 Å². The van der Waals surface area contributed by atoms with Gasteiger partial charge in [-0.1, -0.05) is 18.3 Å². The van der Waals surface area contributed by atoms with Crippen molar-refractivity contribution in [2.45, 2.75) is 39.2 Å². The van der Waals surface area contributed by atoms with Crippen molar-refractivity contribution in [3.05, 3.63) is 5.69 Å². The van der Waals surface area contributed by atoms with Crippen LogP contribution in [0.3, 0.4) is 0 Å². The van der Waals surface area contributed by atoms with Gasteiger partial charge in [0.1, 0.15) is 0 Å². The van der Waals surface area contributed by atoms with Crippen LogP contribution in [0.15, 0.2) is 0 Å². The number of thiazole rings is 1. The lowest BCUT2D eigenvalue weighted by molar-refractivity contribution is 0.0440. The summed E-state index contributed by atoms with van der Waals surface area (Å²) in [5.74, 6) is 0. The van der Waals surface area contributed by atoms with E-state index in [0.717, 1.165) is 42.6 Å². The minimum absolute atomic E-state index is 0.356. The van der Waals surface area contributed by atoms with E-state index in [1.54, 1.807) is 11.3 Å². The van der Waals surface area contributed by atoms with Gasteiger partial charge in [-0.3, -0.25) is 0 Å². The number of hydrogen-bond donors (Lipinski definition) is 0. The normalized spacial score (nSPS) is 19.9. The van der Waals surface area contributed by atoms with E-state index in [1.165, 1.54) is 17.5 Å². The predicted octanol–water partition coefficient (Wildman–Crippen LogP) is 2.73. The lowest BCUT2D eigenvalue weighted by atomic mass is 10.1. The number of hydrogen-bond acceptors (Lipinski definition) is 5. The van der Waals surface area contributed by atoms with Crippen LogP contribution in [0.4, 0.5) is 5.13 Å². The molecule has 0 aliphatic carbocycles. The highest BCUT2D eigenvalue weighted by molar-refractivity contribution is 7.22. The summed E-state index contributed by atoms with van der Waals surface area (Å²) in [6, 6.07) is 0.